The van der Waals surface area contributed by atoms with Crippen molar-refractivity contribution in [3.63, 3.8) is 0 Å². The number of hydrogen-bond donors (Lipinski definition) is 1. The highest BCUT2D eigenvalue weighted by atomic mass is 19.4. The standard InChI is InChI=1S/C21H17F3N4O6/c1-12-3-2-4-14-19(12)25-11-27(20(14)31)8-7-18(30)34-10-17(29)26-16-6-5-13(28(32)33)9-15(16)21(22,23)24/h2-6,9,11H,7-8,10H2,1H3,(H,26,29). The number of alkyl halides is 3. The van der Waals surface area contributed by atoms with E-state index in [2.05, 4.69) is 4.98 Å². The Kier molecular flexibility index (Phi) is 6.94. The third kappa shape index (κ3) is 5.54. The minimum Gasteiger partial charge on any atom is -0.456 e. The van der Waals surface area contributed by atoms with Gasteiger partial charge in [0.25, 0.3) is 17.2 Å². The normalized spacial score (nSPS) is 11.3. The van der Waals surface area contributed by atoms with Gasteiger partial charge in [-0.1, -0.05) is 12.1 Å². The van der Waals surface area contributed by atoms with Crippen LogP contribution in [0.2, 0.25) is 0 Å². The molecule has 0 atom stereocenters. The smallest absolute Gasteiger partial charge is 0.418 e. The largest absolute Gasteiger partial charge is 0.456 e. The molecule has 0 unspecified atom stereocenters. The second kappa shape index (κ2) is 9.68. The molecular weight excluding hydrogens is 461 g/mol. The number of aryl methyl sites for hydroxylation is 2. The van der Waals surface area contributed by atoms with Gasteiger partial charge in [-0.3, -0.25) is 29.1 Å². The maximum Gasteiger partial charge on any atom is 0.418 e. The molecule has 0 aliphatic carbocycles. The first-order valence-electron chi connectivity index (χ1n) is 9.73. The number of aromatic nitrogens is 2. The van der Waals surface area contributed by atoms with E-state index in [-0.39, 0.29) is 18.5 Å². The zero-order chi connectivity index (χ0) is 25.0. The predicted octanol–water partition coefficient (Wildman–Crippen LogP) is 3.20. The Balaban J connectivity index is 1.59. The number of nitrogens with zero attached hydrogens (tertiary/aromatic N) is 3. The lowest BCUT2D eigenvalue weighted by atomic mass is 10.1. The minimum atomic E-state index is -4.97. The third-order valence-corrected chi connectivity index (χ3v) is 4.77. The molecule has 2 aromatic carbocycles. The SMILES string of the molecule is Cc1cccc2c(=O)n(CCC(=O)OCC(=O)Nc3ccc([N+](=O)[O-])cc3C(F)(F)F)cnc12. The van der Waals surface area contributed by atoms with Crippen molar-refractivity contribution in [3.05, 3.63) is 74.3 Å². The van der Waals surface area contributed by atoms with Crippen LogP contribution < -0.4 is 10.9 Å². The number of non-ortho nitro benzene ring substituents is 1. The highest BCUT2D eigenvalue weighted by molar-refractivity contribution is 5.93. The molecule has 34 heavy (non-hydrogen) atoms. The molecule has 178 valence electrons. The van der Waals surface area contributed by atoms with Crippen LogP contribution in [0, 0.1) is 17.0 Å². The summed E-state index contributed by atoms with van der Waals surface area (Å²) in [7, 11) is 0. The summed E-state index contributed by atoms with van der Waals surface area (Å²) in [5, 5.41) is 13.0. The predicted molar refractivity (Wildman–Crippen MR) is 113 cm³/mol. The molecule has 3 rings (SSSR count). The molecule has 10 nitrogen and oxygen atoms in total. The third-order valence-electron chi connectivity index (χ3n) is 4.77. The molecule has 1 heterocycles. The van der Waals surface area contributed by atoms with E-state index >= 15 is 0 Å². The summed E-state index contributed by atoms with van der Waals surface area (Å²) in [6.07, 6.45) is -3.98. The van der Waals surface area contributed by atoms with E-state index in [1.165, 1.54) is 10.9 Å². The van der Waals surface area contributed by atoms with Crippen LogP contribution in [0.1, 0.15) is 17.5 Å². The van der Waals surface area contributed by atoms with Gasteiger partial charge in [0.05, 0.1) is 39.8 Å². The monoisotopic (exact) mass is 478 g/mol. The van der Waals surface area contributed by atoms with Crippen molar-refractivity contribution < 1.29 is 32.4 Å². The van der Waals surface area contributed by atoms with Gasteiger partial charge in [-0.25, -0.2) is 4.98 Å². The molecule has 1 amide bonds. The van der Waals surface area contributed by atoms with E-state index in [1.54, 1.807) is 25.1 Å². The topological polar surface area (TPSA) is 133 Å². The number of hydrogen-bond acceptors (Lipinski definition) is 7. The van der Waals surface area contributed by atoms with Gasteiger partial charge in [-0.15, -0.1) is 0 Å². The van der Waals surface area contributed by atoms with Gasteiger partial charge in [0, 0.05) is 18.7 Å². The fraction of sp³-hybridized carbons (Fsp3) is 0.238. The quantitative estimate of drug-likeness (QED) is 0.313. The molecule has 3 aromatic rings. The van der Waals surface area contributed by atoms with Crippen LogP contribution in [-0.2, 0) is 27.0 Å². The molecule has 0 aliphatic rings. The van der Waals surface area contributed by atoms with Crippen molar-refractivity contribution in [2.45, 2.75) is 26.1 Å². The lowest BCUT2D eigenvalue weighted by Crippen LogP contribution is -2.25. The summed E-state index contributed by atoms with van der Waals surface area (Å²) in [5.74, 6) is -1.95. The second-order valence-electron chi connectivity index (χ2n) is 7.16. The second-order valence-corrected chi connectivity index (χ2v) is 7.16. The number of carbonyl (C=O) groups excluding carboxylic acids is 2. The zero-order valence-electron chi connectivity index (χ0n) is 17.6. The number of nitro benzene ring substituents is 1. The molecule has 13 heteroatoms. The van der Waals surface area contributed by atoms with Crippen molar-refractivity contribution in [1.29, 1.82) is 0 Å². The molecule has 0 bridgehead atoms. The van der Waals surface area contributed by atoms with E-state index in [9.17, 15) is 37.7 Å². The van der Waals surface area contributed by atoms with E-state index in [1.807, 2.05) is 5.32 Å². The van der Waals surface area contributed by atoms with E-state index in [0.717, 1.165) is 17.7 Å². The Hall–Kier alpha value is -4.29. The van der Waals surface area contributed by atoms with Crippen LogP contribution >= 0.6 is 0 Å². The first-order chi connectivity index (χ1) is 16.0. The summed E-state index contributed by atoms with van der Waals surface area (Å²) in [6.45, 7) is 0.823. The maximum atomic E-state index is 13.2. The highest BCUT2D eigenvalue weighted by Crippen LogP contribution is 2.37. The van der Waals surface area contributed by atoms with Gasteiger partial charge >= 0.3 is 12.1 Å². The minimum absolute atomic E-state index is 0.0866. The molecular formula is C21H17F3N4O6. The van der Waals surface area contributed by atoms with Crippen LogP contribution in [0.5, 0.6) is 0 Å². The van der Waals surface area contributed by atoms with Crippen molar-refractivity contribution in [2.75, 3.05) is 11.9 Å². The fourth-order valence-electron chi connectivity index (χ4n) is 3.10. The first-order valence-corrected chi connectivity index (χ1v) is 9.73. The summed E-state index contributed by atoms with van der Waals surface area (Å²) in [5.41, 5.74) is -1.95. The number of anilines is 1. The van der Waals surface area contributed by atoms with Gasteiger partial charge in [0.1, 0.15) is 0 Å². The lowest BCUT2D eigenvalue weighted by Gasteiger charge is -2.13. The first kappa shape index (κ1) is 24.4. The van der Waals surface area contributed by atoms with Crippen molar-refractivity contribution in [2.24, 2.45) is 0 Å². The van der Waals surface area contributed by atoms with Crippen molar-refractivity contribution in [3.8, 4) is 0 Å². The summed E-state index contributed by atoms with van der Waals surface area (Å²) in [6, 6.07) is 6.93. The Morgan fingerprint density at radius 1 is 1.24 bits per heavy atom. The van der Waals surface area contributed by atoms with E-state index in [4.69, 9.17) is 4.74 Å². The van der Waals surface area contributed by atoms with Gasteiger partial charge < -0.3 is 10.1 Å². The highest BCUT2D eigenvalue weighted by Gasteiger charge is 2.35. The average molecular weight is 478 g/mol. The number of amides is 1. The van der Waals surface area contributed by atoms with Gasteiger partial charge in [0.15, 0.2) is 6.61 Å². The van der Waals surface area contributed by atoms with Crippen LogP contribution in [-0.4, -0.2) is 33.0 Å². The summed E-state index contributed by atoms with van der Waals surface area (Å²) in [4.78, 5) is 50.4. The molecule has 0 radical (unpaired) electrons. The van der Waals surface area contributed by atoms with Gasteiger partial charge in [-0.2, -0.15) is 13.2 Å². The Morgan fingerprint density at radius 2 is 1.97 bits per heavy atom. The molecule has 1 aromatic heterocycles. The molecule has 0 spiro atoms. The number of halogens is 3. The van der Waals surface area contributed by atoms with Gasteiger partial charge in [0.2, 0.25) is 0 Å². The maximum absolute atomic E-state index is 13.2. The van der Waals surface area contributed by atoms with Crippen molar-refractivity contribution >= 4 is 34.2 Å². The average Bonchev–Trinajstić information content (AvgIpc) is 2.77. The van der Waals surface area contributed by atoms with E-state index in [0.29, 0.717) is 17.0 Å². The van der Waals surface area contributed by atoms with Crippen LogP contribution in [0.4, 0.5) is 24.5 Å². The number of benzene rings is 2. The lowest BCUT2D eigenvalue weighted by molar-refractivity contribution is -0.385. The number of para-hydroxylation sites is 1. The number of nitrogens with one attached hydrogen (secondary N) is 1. The van der Waals surface area contributed by atoms with Crippen molar-refractivity contribution in [1.82, 2.24) is 9.55 Å². The molecule has 1 N–H and O–H groups in total. The number of rotatable bonds is 7. The molecule has 0 saturated carbocycles. The Labute approximate surface area is 189 Å². The fourth-order valence-corrected chi connectivity index (χ4v) is 3.10. The number of fused-ring (bicyclic) bond motifs is 1. The van der Waals surface area contributed by atoms with E-state index < -0.39 is 46.5 Å². The molecule has 0 saturated heterocycles. The van der Waals surface area contributed by atoms with Gasteiger partial charge in [-0.05, 0) is 24.6 Å². The van der Waals surface area contributed by atoms with Crippen LogP contribution in [0.3, 0.4) is 0 Å². The Bertz CT molecular complexity index is 1340. The summed E-state index contributed by atoms with van der Waals surface area (Å²) < 4.78 is 45.5. The van der Waals surface area contributed by atoms with Crippen LogP contribution in [0.25, 0.3) is 10.9 Å². The number of nitro groups is 1. The summed E-state index contributed by atoms with van der Waals surface area (Å²) >= 11 is 0. The Morgan fingerprint density at radius 3 is 2.65 bits per heavy atom. The zero-order valence-corrected chi connectivity index (χ0v) is 17.6. The number of ether oxygens (including phenoxy) is 1. The molecule has 0 aliphatic heterocycles. The number of carbonyl (C=O) groups is 2. The van der Waals surface area contributed by atoms with Crippen LogP contribution in [0.15, 0.2) is 47.5 Å². The molecule has 0 fully saturated rings. The number of esters is 1.